The maximum atomic E-state index is 12.7. The Bertz CT molecular complexity index is 1060. The van der Waals surface area contributed by atoms with Crippen molar-refractivity contribution in [3.8, 4) is 11.5 Å². The predicted molar refractivity (Wildman–Crippen MR) is 99.9 cm³/mol. The van der Waals surface area contributed by atoms with Crippen LogP contribution in [-0.2, 0) is 6.54 Å². The van der Waals surface area contributed by atoms with E-state index in [1.165, 1.54) is 18.2 Å². The monoisotopic (exact) mass is 363 g/mol. The summed E-state index contributed by atoms with van der Waals surface area (Å²) in [4.78, 5) is 30.9. The van der Waals surface area contributed by atoms with Crippen molar-refractivity contribution in [2.24, 2.45) is 0 Å². The number of hydrogen-bond acceptors (Lipinski definition) is 6. The maximum Gasteiger partial charge on any atom is 0.261 e. The number of amides is 2. The average molecular weight is 363 g/mol. The summed E-state index contributed by atoms with van der Waals surface area (Å²) in [5.41, 5.74) is 7.85. The lowest BCUT2D eigenvalue weighted by molar-refractivity contribution is 0.0641. The molecule has 27 heavy (non-hydrogen) atoms. The summed E-state index contributed by atoms with van der Waals surface area (Å²) < 4.78 is 10.8. The lowest BCUT2D eigenvalue weighted by Crippen LogP contribution is -2.29. The fraction of sp³-hybridized carbons (Fsp3) is 0.150. The number of carbonyl (C=O) groups excluding carboxylic acids is 2. The molecule has 0 spiro atoms. The van der Waals surface area contributed by atoms with E-state index < -0.39 is 0 Å². The molecule has 2 heterocycles. The molecule has 0 radical (unpaired) electrons. The van der Waals surface area contributed by atoms with Crippen LogP contribution in [0.3, 0.4) is 0 Å². The third-order valence-electron chi connectivity index (χ3n) is 4.68. The number of benzene rings is 2. The van der Waals surface area contributed by atoms with Gasteiger partial charge in [0.2, 0.25) is 0 Å². The standard InChI is InChI=1S/C20H17N3O4/c1-26-11-7-14-15(21)9-22-16(18(14)17(8-11)27-2)10-23-19(24)12-5-3-4-6-13(12)20(23)25/h3-9H,10,21H2,1-2H3. The Kier molecular flexibility index (Phi) is 3.92. The molecule has 4 rings (SSSR count). The Balaban J connectivity index is 1.83. The molecular formula is C20H17N3O4. The molecule has 0 bridgehead atoms. The molecule has 1 aromatic heterocycles. The largest absolute Gasteiger partial charge is 0.497 e. The second kappa shape index (κ2) is 6.28. The van der Waals surface area contributed by atoms with Crippen LogP contribution in [0.2, 0.25) is 0 Å². The van der Waals surface area contributed by atoms with Crippen LogP contribution in [0.25, 0.3) is 10.8 Å². The van der Waals surface area contributed by atoms with E-state index >= 15 is 0 Å². The third-order valence-corrected chi connectivity index (χ3v) is 4.68. The molecule has 0 saturated carbocycles. The van der Waals surface area contributed by atoms with Gasteiger partial charge in [-0.25, -0.2) is 0 Å². The zero-order valence-electron chi connectivity index (χ0n) is 14.9. The van der Waals surface area contributed by atoms with E-state index in [0.29, 0.717) is 44.8 Å². The number of ether oxygens (including phenoxy) is 2. The van der Waals surface area contributed by atoms with Crippen LogP contribution in [-0.4, -0.2) is 35.9 Å². The van der Waals surface area contributed by atoms with Gasteiger partial charge in [-0.15, -0.1) is 0 Å². The molecule has 1 aliphatic heterocycles. The van der Waals surface area contributed by atoms with Crippen LogP contribution in [0.4, 0.5) is 5.69 Å². The summed E-state index contributed by atoms with van der Waals surface area (Å²) >= 11 is 0. The fourth-order valence-electron chi connectivity index (χ4n) is 3.33. The number of carbonyl (C=O) groups is 2. The summed E-state index contributed by atoms with van der Waals surface area (Å²) in [6, 6.07) is 10.3. The zero-order valence-corrected chi connectivity index (χ0v) is 14.9. The minimum absolute atomic E-state index is 0.0197. The van der Waals surface area contributed by atoms with Gasteiger partial charge in [-0.3, -0.25) is 19.5 Å². The van der Waals surface area contributed by atoms with Crippen LogP contribution in [0, 0.1) is 0 Å². The van der Waals surface area contributed by atoms with Crippen LogP contribution in [0.15, 0.2) is 42.6 Å². The van der Waals surface area contributed by atoms with E-state index in [4.69, 9.17) is 15.2 Å². The van der Waals surface area contributed by atoms with Crippen molar-refractivity contribution < 1.29 is 19.1 Å². The minimum atomic E-state index is -0.338. The van der Waals surface area contributed by atoms with Gasteiger partial charge in [-0.2, -0.15) is 0 Å². The smallest absolute Gasteiger partial charge is 0.261 e. The number of fused-ring (bicyclic) bond motifs is 2. The number of hydrogen-bond donors (Lipinski definition) is 1. The van der Waals surface area contributed by atoms with E-state index in [1.807, 2.05) is 0 Å². The Morgan fingerprint density at radius 1 is 1.04 bits per heavy atom. The SMILES string of the molecule is COc1cc(OC)c2c(CN3C(=O)c4ccccc4C3=O)ncc(N)c2c1. The van der Waals surface area contributed by atoms with Crippen LogP contribution in [0.1, 0.15) is 26.4 Å². The average Bonchev–Trinajstić information content (AvgIpc) is 2.94. The molecule has 7 heteroatoms. The first-order valence-corrected chi connectivity index (χ1v) is 8.29. The van der Waals surface area contributed by atoms with Crippen molar-refractivity contribution in [3.63, 3.8) is 0 Å². The maximum absolute atomic E-state index is 12.7. The first kappa shape index (κ1) is 16.8. The van der Waals surface area contributed by atoms with Gasteiger partial charge < -0.3 is 15.2 Å². The molecule has 0 fully saturated rings. The number of anilines is 1. The number of nitrogens with zero attached hydrogens (tertiary/aromatic N) is 2. The molecule has 2 N–H and O–H groups in total. The molecule has 0 unspecified atom stereocenters. The number of aromatic nitrogens is 1. The molecule has 2 amide bonds. The quantitative estimate of drug-likeness (QED) is 0.716. The number of rotatable bonds is 4. The molecule has 136 valence electrons. The first-order valence-electron chi connectivity index (χ1n) is 8.29. The fourth-order valence-corrected chi connectivity index (χ4v) is 3.33. The lowest BCUT2D eigenvalue weighted by atomic mass is 10.1. The number of imide groups is 1. The van der Waals surface area contributed by atoms with Gasteiger partial charge >= 0.3 is 0 Å². The van der Waals surface area contributed by atoms with E-state index in [1.54, 1.807) is 43.5 Å². The van der Waals surface area contributed by atoms with Crippen molar-refractivity contribution in [3.05, 3.63) is 59.4 Å². The van der Waals surface area contributed by atoms with Crippen molar-refractivity contribution in [1.82, 2.24) is 9.88 Å². The molecule has 0 saturated heterocycles. The summed E-state index contributed by atoms with van der Waals surface area (Å²) in [6.07, 6.45) is 1.51. The van der Waals surface area contributed by atoms with E-state index in [-0.39, 0.29) is 18.4 Å². The van der Waals surface area contributed by atoms with Crippen molar-refractivity contribution >= 4 is 28.3 Å². The van der Waals surface area contributed by atoms with E-state index in [2.05, 4.69) is 4.98 Å². The van der Waals surface area contributed by atoms with Gasteiger partial charge in [0.1, 0.15) is 11.5 Å². The van der Waals surface area contributed by atoms with Gasteiger partial charge in [0.15, 0.2) is 0 Å². The lowest BCUT2D eigenvalue weighted by Gasteiger charge is -2.17. The van der Waals surface area contributed by atoms with Crippen LogP contribution >= 0.6 is 0 Å². The van der Waals surface area contributed by atoms with Crippen molar-refractivity contribution in [1.29, 1.82) is 0 Å². The summed E-state index contributed by atoms with van der Waals surface area (Å²) in [7, 11) is 3.08. The normalized spacial score (nSPS) is 13.2. The highest BCUT2D eigenvalue weighted by molar-refractivity contribution is 6.21. The summed E-state index contributed by atoms with van der Waals surface area (Å²) in [5.74, 6) is 0.421. The first-order chi connectivity index (χ1) is 13.0. The molecule has 2 aromatic carbocycles. The molecule has 0 atom stereocenters. The highest BCUT2D eigenvalue weighted by Gasteiger charge is 2.35. The number of methoxy groups -OCH3 is 2. The zero-order chi connectivity index (χ0) is 19.1. The topological polar surface area (TPSA) is 94.8 Å². The molecule has 1 aliphatic rings. The number of nitrogen functional groups attached to an aromatic ring is 1. The van der Waals surface area contributed by atoms with Crippen LogP contribution in [0.5, 0.6) is 11.5 Å². The molecule has 0 aliphatic carbocycles. The van der Waals surface area contributed by atoms with Gasteiger partial charge in [-0.05, 0) is 18.2 Å². The Morgan fingerprint density at radius 3 is 2.30 bits per heavy atom. The molecule has 7 nitrogen and oxygen atoms in total. The van der Waals surface area contributed by atoms with Crippen molar-refractivity contribution in [2.75, 3.05) is 20.0 Å². The number of pyridine rings is 1. The van der Waals surface area contributed by atoms with Gasteiger partial charge in [0.25, 0.3) is 11.8 Å². The molecule has 3 aromatic rings. The Morgan fingerprint density at radius 2 is 1.70 bits per heavy atom. The Labute approximate surface area is 155 Å². The second-order valence-corrected chi connectivity index (χ2v) is 6.15. The number of nitrogens with two attached hydrogens (primary N) is 1. The Hall–Kier alpha value is -3.61. The second-order valence-electron chi connectivity index (χ2n) is 6.15. The summed E-state index contributed by atoms with van der Waals surface area (Å²) in [5, 5.41) is 1.34. The van der Waals surface area contributed by atoms with E-state index in [0.717, 1.165) is 0 Å². The highest BCUT2D eigenvalue weighted by atomic mass is 16.5. The third kappa shape index (κ3) is 2.55. The van der Waals surface area contributed by atoms with Crippen LogP contribution < -0.4 is 15.2 Å². The van der Waals surface area contributed by atoms with Gasteiger partial charge in [0, 0.05) is 16.8 Å². The highest BCUT2D eigenvalue weighted by Crippen LogP contribution is 2.37. The summed E-state index contributed by atoms with van der Waals surface area (Å²) in [6.45, 7) is 0.0197. The predicted octanol–water partition coefficient (Wildman–Crippen LogP) is 2.63. The molecular weight excluding hydrogens is 346 g/mol. The van der Waals surface area contributed by atoms with Gasteiger partial charge in [0.05, 0.1) is 49.5 Å². The van der Waals surface area contributed by atoms with Crippen molar-refractivity contribution in [2.45, 2.75) is 6.54 Å². The van der Waals surface area contributed by atoms with Gasteiger partial charge in [-0.1, -0.05) is 12.1 Å². The minimum Gasteiger partial charge on any atom is -0.497 e. The van der Waals surface area contributed by atoms with E-state index in [9.17, 15) is 9.59 Å².